The summed E-state index contributed by atoms with van der Waals surface area (Å²) in [6, 6.07) is 5.27. The van der Waals surface area contributed by atoms with Crippen LogP contribution in [0.15, 0.2) is 12.1 Å². The molecule has 1 aromatic heterocycles. The summed E-state index contributed by atoms with van der Waals surface area (Å²) in [4.78, 5) is 6.12. The fourth-order valence-electron chi connectivity index (χ4n) is 1.52. The van der Waals surface area contributed by atoms with Gasteiger partial charge in [-0.1, -0.05) is 24.9 Å². The minimum atomic E-state index is 0.0554. The Labute approximate surface area is 106 Å². The Balaban J connectivity index is 2.92. The molecular formula is C12H16ClN3O. The van der Waals surface area contributed by atoms with Gasteiger partial charge in [-0.25, -0.2) is 4.98 Å². The van der Waals surface area contributed by atoms with Crippen LogP contribution in [-0.2, 0) is 0 Å². The molecule has 0 bridgehead atoms. The van der Waals surface area contributed by atoms with Gasteiger partial charge in [0.15, 0.2) is 0 Å². The smallest absolute Gasteiger partial charge is 0.132 e. The van der Waals surface area contributed by atoms with Crippen molar-refractivity contribution < 1.29 is 5.11 Å². The van der Waals surface area contributed by atoms with Crippen LogP contribution < -0.4 is 4.90 Å². The van der Waals surface area contributed by atoms with E-state index >= 15 is 0 Å². The molecule has 1 rings (SSSR count). The van der Waals surface area contributed by atoms with Gasteiger partial charge in [-0.2, -0.15) is 5.26 Å². The van der Waals surface area contributed by atoms with Crippen molar-refractivity contribution in [3.63, 3.8) is 0 Å². The van der Waals surface area contributed by atoms with Crippen LogP contribution in [0.1, 0.15) is 25.3 Å². The van der Waals surface area contributed by atoms with Crippen molar-refractivity contribution in [3.05, 3.63) is 22.8 Å². The van der Waals surface area contributed by atoms with Gasteiger partial charge in [0.2, 0.25) is 0 Å². The first kappa shape index (κ1) is 13.8. The zero-order chi connectivity index (χ0) is 12.7. The van der Waals surface area contributed by atoms with Crippen LogP contribution in [-0.4, -0.2) is 29.8 Å². The highest BCUT2D eigenvalue weighted by Gasteiger charge is 2.09. The largest absolute Gasteiger partial charge is 0.395 e. The predicted octanol–water partition coefficient (Wildman–Crippen LogP) is 2.21. The first-order valence-electron chi connectivity index (χ1n) is 5.64. The average molecular weight is 254 g/mol. The second-order valence-corrected chi connectivity index (χ2v) is 4.10. The molecule has 0 fully saturated rings. The van der Waals surface area contributed by atoms with Crippen LogP contribution in [0.5, 0.6) is 0 Å². The Morgan fingerprint density at radius 2 is 2.24 bits per heavy atom. The predicted molar refractivity (Wildman–Crippen MR) is 68.2 cm³/mol. The number of unbranched alkanes of at least 4 members (excludes halogenated alkanes) is 1. The minimum absolute atomic E-state index is 0.0554. The molecule has 0 aromatic carbocycles. The summed E-state index contributed by atoms with van der Waals surface area (Å²) in [6.07, 6.45) is 2.07. The van der Waals surface area contributed by atoms with Gasteiger partial charge in [0.25, 0.3) is 0 Å². The highest BCUT2D eigenvalue weighted by atomic mass is 35.5. The van der Waals surface area contributed by atoms with Gasteiger partial charge in [0.1, 0.15) is 11.0 Å². The van der Waals surface area contributed by atoms with E-state index in [0.29, 0.717) is 23.1 Å². The Morgan fingerprint density at radius 1 is 1.47 bits per heavy atom. The second kappa shape index (κ2) is 7.10. The summed E-state index contributed by atoms with van der Waals surface area (Å²) in [5, 5.41) is 18.2. The van der Waals surface area contributed by atoms with E-state index in [1.165, 1.54) is 6.07 Å². The van der Waals surface area contributed by atoms with Crippen molar-refractivity contribution >= 4 is 17.4 Å². The maximum absolute atomic E-state index is 9.03. The summed E-state index contributed by atoms with van der Waals surface area (Å²) in [6.45, 7) is 3.45. The fraction of sp³-hybridized carbons (Fsp3) is 0.500. The molecule has 0 spiro atoms. The van der Waals surface area contributed by atoms with Crippen molar-refractivity contribution in [1.29, 1.82) is 5.26 Å². The van der Waals surface area contributed by atoms with Crippen molar-refractivity contribution in [1.82, 2.24) is 4.98 Å². The molecule has 0 unspecified atom stereocenters. The molecule has 0 saturated carbocycles. The molecule has 0 radical (unpaired) electrons. The molecule has 1 aromatic rings. The number of aromatic nitrogens is 1. The highest BCUT2D eigenvalue weighted by Crippen LogP contribution is 2.18. The zero-order valence-corrected chi connectivity index (χ0v) is 10.6. The molecule has 0 aliphatic heterocycles. The topological polar surface area (TPSA) is 60.1 Å². The number of aliphatic hydroxyl groups excluding tert-OH is 1. The molecular weight excluding hydrogens is 238 g/mol. The molecule has 4 nitrogen and oxygen atoms in total. The number of nitrogens with zero attached hydrogens (tertiary/aromatic N) is 3. The Bertz CT molecular complexity index is 403. The maximum atomic E-state index is 9.03. The number of hydrogen-bond acceptors (Lipinski definition) is 4. The standard InChI is InChI=1S/C12H16ClN3O/c1-2-3-4-16(5-6-17)12-8-10(9-14)7-11(13)15-12/h7-8,17H,2-6H2,1H3. The van der Waals surface area contributed by atoms with E-state index in [9.17, 15) is 0 Å². The molecule has 0 aliphatic rings. The summed E-state index contributed by atoms with van der Waals surface area (Å²) in [5.41, 5.74) is 0.486. The van der Waals surface area contributed by atoms with Crippen LogP contribution in [0, 0.1) is 11.3 Å². The SMILES string of the molecule is CCCCN(CCO)c1cc(C#N)cc(Cl)n1. The van der Waals surface area contributed by atoms with E-state index in [-0.39, 0.29) is 6.61 Å². The molecule has 0 saturated heterocycles. The fourth-order valence-corrected chi connectivity index (χ4v) is 1.72. The molecule has 0 atom stereocenters. The molecule has 1 N–H and O–H groups in total. The van der Waals surface area contributed by atoms with Crippen LogP contribution in [0.3, 0.4) is 0 Å². The molecule has 17 heavy (non-hydrogen) atoms. The van der Waals surface area contributed by atoms with E-state index in [4.69, 9.17) is 22.0 Å². The third kappa shape index (κ3) is 4.22. The summed E-state index contributed by atoms with van der Waals surface area (Å²) < 4.78 is 0. The summed E-state index contributed by atoms with van der Waals surface area (Å²) in [7, 11) is 0. The normalized spacial score (nSPS) is 10.0. The van der Waals surface area contributed by atoms with E-state index in [1.54, 1.807) is 6.07 Å². The van der Waals surface area contributed by atoms with Crippen LogP contribution in [0.4, 0.5) is 5.82 Å². The maximum Gasteiger partial charge on any atom is 0.132 e. The van der Waals surface area contributed by atoms with Gasteiger partial charge < -0.3 is 10.0 Å². The number of aliphatic hydroxyl groups is 1. The highest BCUT2D eigenvalue weighted by molar-refractivity contribution is 6.29. The molecule has 5 heteroatoms. The van der Waals surface area contributed by atoms with Crippen molar-refractivity contribution in [2.75, 3.05) is 24.6 Å². The zero-order valence-electron chi connectivity index (χ0n) is 9.86. The Hall–Kier alpha value is -1.31. The Morgan fingerprint density at radius 3 is 2.82 bits per heavy atom. The first-order chi connectivity index (χ1) is 8.21. The minimum Gasteiger partial charge on any atom is -0.395 e. The molecule has 1 heterocycles. The van der Waals surface area contributed by atoms with E-state index < -0.39 is 0 Å². The number of rotatable bonds is 6. The lowest BCUT2D eigenvalue weighted by Gasteiger charge is -2.22. The molecule has 0 amide bonds. The Kier molecular flexibility index (Phi) is 5.75. The van der Waals surface area contributed by atoms with Gasteiger partial charge in [0, 0.05) is 13.1 Å². The van der Waals surface area contributed by atoms with E-state index in [1.807, 2.05) is 11.0 Å². The lowest BCUT2D eigenvalue weighted by molar-refractivity contribution is 0.301. The number of hydrogen-bond donors (Lipinski definition) is 1. The van der Waals surface area contributed by atoms with Crippen LogP contribution in [0.2, 0.25) is 5.15 Å². The van der Waals surface area contributed by atoms with Crippen molar-refractivity contribution in [2.45, 2.75) is 19.8 Å². The summed E-state index contributed by atoms with van der Waals surface area (Å²) >= 11 is 5.86. The van der Waals surface area contributed by atoms with E-state index in [2.05, 4.69) is 11.9 Å². The third-order valence-electron chi connectivity index (χ3n) is 2.39. The lowest BCUT2D eigenvalue weighted by Crippen LogP contribution is -2.28. The summed E-state index contributed by atoms with van der Waals surface area (Å²) in [5.74, 6) is 0.650. The van der Waals surface area contributed by atoms with Gasteiger partial charge in [-0.3, -0.25) is 0 Å². The van der Waals surface area contributed by atoms with Crippen molar-refractivity contribution in [3.8, 4) is 6.07 Å². The number of anilines is 1. The van der Waals surface area contributed by atoms with Crippen LogP contribution >= 0.6 is 11.6 Å². The average Bonchev–Trinajstić information content (AvgIpc) is 2.33. The second-order valence-electron chi connectivity index (χ2n) is 3.71. The number of halogens is 1. The lowest BCUT2D eigenvalue weighted by atomic mass is 10.2. The van der Waals surface area contributed by atoms with Gasteiger partial charge >= 0.3 is 0 Å². The quantitative estimate of drug-likeness (QED) is 0.790. The van der Waals surface area contributed by atoms with Gasteiger partial charge in [-0.15, -0.1) is 0 Å². The monoisotopic (exact) mass is 253 g/mol. The van der Waals surface area contributed by atoms with Gasteiger partial charge in [-0.05, 0) is 18.6 Å². The third-order valence-corrected chi connectivity index (χ3v) is 2.58. The molecule has 92 valence electrons. The van der Waals surface area contributed by atoms with Crippen LogP contribution in [0.25, 0.3) is 0 Å². The van der Waals surface area contributed by atoms with E-state index in [0.717, 1.165) is 19.4 Å². The van der Waals surface area contributed by atoms with Crippen molar-refractivity contribution in [2.24, 2.45) is 0 Å². The first-order valence-corrected chi connectivity index (χ1v) is 6.02. The molecule has 0 aliphatic carbocycles. The van der Waals surface area contributed by atoms with Gasteiger partial charge in [0.05, 0.1) is 18.2 Å². The number of nitriles is 1. The number of pyridine rings is 1.